The fourth-order valence-electron chi connectivity index (χ4n) is 2.17. The Kier molecular flexibility index (Phi) is 1.44. The van der Waals surface area contributed by atoms with Crippen LogP contribution in [0.5, 0.6) is 0 Å². The number of alkyl halides is 2. The van der Waals surface area contributed by atoms with Crippen molar-refractivity contribution in [3.8, 4) is 0 Å². The highest BCUT2D eigenvalue weighted by molar-refractivity contribution is 4.95. The van der Waals surface area contributed by atoms with Gasteiger partial charge in [-0.15, -0.1) is 0 Å². The van der Waals surface area contributed by atoms with E-state index in [0.717, 1.165) is 12.8 Å². The molecule has 0 saturated carbocycles. The maximum absolute atomic E-state index is 12.8. The Bertz CT molecular complexity index is 156. The van der Waals surface area contributed by atoms with Crippen LogP contribution < -0.4 is 5.84 Å². The smallest absolute Gasteiger partial charge is 0.251 e. The second-order valence-electron chi connectivity index (χ2n) is 3.60. The molecule has 2 bridgehead atoms. The Hall–Kier alpha value is -0.220. The van der Waals surface area contributed by atoms with Crippen molar-refractivity contribution in [3.05, 3.63) is 0 Å². The number of nitrogens with zero attached hydrogens (tertiary/aromatic N) is 1. The fraction of sp³-hybridized carbons (Fsp3) is 1.00. The van der Waals surface area contributed by atoms with E-state index in [2.05, 4.69) is 0 Å². The molecule has 2 nitrogen and oxygen atoms in total. The van der Waals surface area contributed by atoms with Crippen LogP contribution in [0.3, 0.4) is 0 Å². The molecule has 0 amide bonds. The van der Waals surface area contributed by atoms with Crippen LogP contribution in [0.15, 0.2) is 0 Å². The van der Waals surface area contributed by atoms with Crippen molar-refractivity contribution in [1.29, 1.82) is 0 Å². The minimum Gasteiger partial charge on any atom is -0.268 e. The molecule has 64 valence electrons. The van der Waals surface area contributed by atoms with Crippen molar-refractivity contribution in [2.75, 3.05) is 0 Å². The van der Waals surface area contributed by atoms with E-state index < -0.39 is 5.92 Å². The fourth-order valence-corrected chi connectivity index (χ4v) is 2.17. The van der Waals surface area contributed by atoms with Gasteiger partial charge in [-0.1, -0.05) is 0 Å². The molecule has 0 aromatic rings. The van der Waals surface area contributed by atoms with Gasteiger partial charge in [-0.25, -0.2) is 13.8 Å². The number of hydrazine groups is 1. The first kappa shape index (κ1) is 7.43. The van der Waals surface area contributed by atoms with Crippen LogP contribution >= 0.6 is 0 Å². The van der Waals surface area contributed by atoms with Gasteiger partial charge in [-0.2, -0.15) is 0 Å². The lowest BCUT2D eigenvalue weighted by atomic mass is 10.0. The average molecular weight is 162 g/mol. The third kappa shape index (κ3) is 1.14. The molecule has 4 heteroatoms. The Morgan fingerprint density at radius 3 is 2.09 bits per heavy atom. The zero-order valence-electron chi connectivity index (χ0n) is 6.26. The summed E-state index contributed by atoms with van der Waals surface area (Å²) >= 11 is 0. The monoisotopic (exact) mass is 162 g/mol. The SMILES string of the molecule is NN1C2CCC1CC(F)(F)C2. The van der Waals surface area contributed by atoms with Gasteiger partial charge in [0.05, 0.1) is 0 Å². The lowest BCUT2D eigenvalue weighted by molar-refractivity contribution is -0.0832. The molecule has 2 heterocycles. The van der Waals surface area contributed by atoms with Crippen molar-refractivity contribution in [2.24, 2.45) is 5.84 Å². The van der Waals surface area contributed by atoms with Crippen LogP contribution in [0.25, 0.3) is 0 Å². The minimum absolute atomic E-state index is 0.0417. The number of hydrogen-bond donors (Lipinski definition) is 1. The summed E-state index contributed by atoms with van der Waals surface area (Å²) in [6, 6.07) is -0.132. The number of hydrogen-bond acceptors (Lipinski definition) is 2. The van der Waals surface area contributed by atoms with Crippen molar-refractivity contribution in [1.82, 2.24) is 5.01 Å². The third-order valence-electron chi connectivity index (χ3n) is 2.74. The van der Waals surface area contributed by atoms with Gasteiger partial charge >= 0.3 is 0 Å². The van der Waals surface area contributed by atoms with Gasteiger partial charge in [0.2, 0.25) is 0 Å². The van der Waals surface area contributed by atoms with E-state index in [9.17, 15) is 8.78 Å². The molecule has 11 heavy (non-hydrogen) atoms. The summed E-state index contributed by atoms with van der Waals surface area (Å²) in [6.07, 6.45) is 1.60. The van der Waals surface area contributed by atoms with Crippen molar-refractivity contribution in [2.45, 2.75) is 43.7 Å². The first-order valence-corrected chi connectivity index (χ1v) is 3.99. The van der Waals surface area contributed by atoms with E-state index in [1.165, 1.54) is 0 Å². The number of nitrogens with two attached hydrogens (primary N) is 1. The summed E-state index contributed by atoms with van der Waals surface area (Å²) in [4.78, 5) is 0. The standard InChI is InChI=1S/C7H12F2N2/c8-7(9)3-5-1-2-6(4-7)11(5)10/h5-6H,1-4,10H2. The Balaban J connectivity index is 2.14. The molecule has 0 aromatic heterocycles. The third-order valence-corrected chi connectivity index (χ3v) is 2.74. The van der Waals surface area contributed by atoms with Crippen molar-refractivity contribution in [3.63, 3.8) is 0 Å². The van der Waals surface area contributed by atoms with Gasteiger partial charge in [0.1, 0.15) is 0 Å². The molecule has 2 aliphatic heterocycles. The molecule has 2 unspecified atom stereocenters. The first-order chi connectivity index (χ1) is 5.08. The molecule has 2 atom stereocenters. The van der Waals surface area contributed by atoms with Crippen LogP contribution in [0, 0.1) is 0 Å². The van der Waals surface area contributed by atoms with Crippen LogP contribution in [0.4, 0.5) is 8.78 Å². The van der Waals surface area contributed by atoms with Crippen molar-refractivity contribution < 1.29 is 8.78 Å². The van der Waals surface area contributed by atoms with E-state index >= 15 is 0 Å². The van der Waals surface area contributed by atoms with Gasteiger partial charge in [-0.05, 0) is 12.8 Å². The van der Waals surface area contributed by atoms with E-state index in [1.807, 2.05) is 0 Å². The van der Waals surface area contributed by atoms with Gasteiger partial charge in [0, 0.05) is 24.9 Å². The Labute approximate surface area is 64.3 Å². The summed E-state index contributed by atoms with van der Waals surface area (Å²) in [5.74, 6) is 3.15. The molecular formula is C7H12F2N2. The van der Waals surface area contributed by atoms with Gasteiger partial charge < -0.3 is 0 Å². The summed E-state index contributed by atoms with van der Waals surface area (Å²) in [5, 5.41) is 1.62. The molecule has 2 rings (SSSR count). The van der Waals surface area contributed by atoms with E-state index in [4.69, 9.17) is 5.84 Å². The van der Waals surface area contributed by atoms with Crippen molar-refractivity contribution >= 4 is 0 Å². The summed E-state index contributed by atoms with van der Waals surface area (Å²) in [6.45, 7) is 0. The molecule has 0 aromatic carbocycles. The normalized spacial score (nSPS) is 42.8. The molecule has 2 fully saturated rings. The highest BCUT2D eigenvalue weighted by atomic mass is 19.3. The minimum atomic E-state index is -2.46. The lowest BCUT2D eigenvalue weighted by Gasteiger charge is -2.35. The Morgan fingerprint density at radius 2 is 1.64 bits per heavy atom. The second kappa shape index (κ2) is 2.14. The Morgan fingerprint density at radius 1 is 1.18 bits per heavy atom. The highest BCUT2D eigenvalue weighted by Gasteiger charge is 2.48. The van der Waals surface area contributed by atoms with Crippen LogP contribution in [-0.4, -0.2) is 23.0 Å². The number of fused-ring (bicyclic) bond motifs is 2. The zero-order chi connectivity index (χ0) is 8.06. The molecular weight excluding hydrogens is 150 g/mol. The predicted octanol–water partition coefficient (Wildman–Crippen LogP) is 1.12. The zero-order valence-corrected chi connectivity index (χ0v) is 6.26. The first-order valence-electron chi connectivity index (χ1n) is 3.99. The van der Waals surface area contributed by atoms with E-state index in [0.29, 0.717) is 0 Å². The lowest BCUT2D eigenvalue weighted by Crippen LogP contribution is -2.50. The van der Waals surface area contributed by atoms with Crippen LogP contribution in [-0.2, 0) is 0 Å². The highest BCUT2D eigenvalue weighted by Crippen LogP contribution is 2.41. The summed E-state index contributed by atoms with van der Waals surface area (Å²) < 4.78 is 25.7. The largest absolute Gasteiger partial charge is 0.268 e. The quantitative estimate of drug-likeness (QED) is 0.541. The number of piperidine rings is 1. The maximum atomic E-state index is 12.8. The van der Waals surface area contributed by atoms with Crippen LogP contribution in [0.2, 0.25) is 0 Å². The molecule has 2 saturated heterocycles. The van der Waals surface area contributed by atoms with Gasteiger partial charge in [0.15, 0.2) is 0 Å². The summed E-state index contributed by atoms with van der Waals surface area (Å²) in [7, 11) is 0. The van der Waals surface area contributed by atoms with E-state index in [1.54, 1.807) is 5.01 Å². The summed E-state index contributed by atoms with van der Waals surface area (Å²) in [5.41, 5.74) is 0. The predicted molar refractivity (Wildman–Crippen MR) is 37.0 cm³/mol. The van der Waals surface area contributed by atoms with Gasteiger partial charge in [0.25, 0.3) is 5.92 Å². The number of rotatable bonds is 0. The molecule has 0 aliphatic carbocycles. The van der Waals surface area contributed by atoms with Gasteiger partial charge in [-0.3, -0.25) is 5.84 Å². The van der Waals surface area contributed by atoms with Crippen LogP contribution in [0.1, 0.15) is 25.7 Å². The second-order valence-corrected chi connectivity index (χ2v) is 3.60. The number of halogens is 2. The molecule has 0 spiro atoms. The molecule has 0 radical (unpaired) electrons. The topological polar surface area (TPSA) is 29.3 Å². The molecule has 2 N–H and O–H groups in total. The average Bonchev–Trinajstić information content (AvgIpc) is 2.19. The molecule has 2 aliphatic rings. The van der Waals surface area contributed by atoms with E-state index in [-0.39, 0.29) is 24.9 Å². The maximum Gasteiger partial charge on any atom is 0.251 e.